The summed E-state index contributed by atoms with van der Waals surface area (Å²) in [6, 6.07) is 7.28. The van der Waals surface area contributed by atoms with Crippen LogP contribution in [0.15, 0.2) is 18.2 Å². The van der Waals surface area contributed by atoms with E-state index in [-0.39, 0.29) is 28.8 Å². The molecule has 5 rings (SSSR count). The van der Waals surface area contributed by atoms with E-state index in [0.29, 0.717) is 12.6 Å². The van der Waals surface area contributed by atoms with Crippen LogP contribution in [-0.2, 0) is 21.4 Å². The van der Waals surface area contributed by atoms with Gasteiger partial charge in [0, 0.05) is 17.5 Å². The minimum atomic E-state index is -0.0124. The summed E-state index contributed by atoms with van der Waals surface area (Å²) < 4.78 is 10.8. The van der Waals surface area contributed by atoms with Crippen molar-refractivity contribution in [2.24, 2.45) is 11.3 Å². The number of hydrogen-bond donors (Lipinski definition) is 0. The highest BCUT2D eigenvalue weighted by Crippen LogP contribution is 2.64. The van der Waals surface area contributed by atoms with Gasteiger partial charge in [0.25, 0.3) is 0 Å². The second-order valence-corrected chi connectivity index (χ2v) is 8.49. The molecule has 0 N–H and O–H groups in total. The summed E-state index contributed by atoms with van der Waals surface area (Å²) in [4.78, 5) is 15.0. The summed E-state index contributed by atoms with van der Waals surface area (Å²) in [6.07, 6.45) is 2.97. The first kappa shape index (κ1) is 16.9. The number of carbonyl (C=O) groups excluding carboxylic acids is 1. The molecule has 0 amide bonds. The van der Waals surface area contributed by atoms with Gasteiger partial charge in [-0.1, -0.05) is 19.9 Å². The van der Waals surface area contributed by atoms with E-state index in [1.165, 1.54) is 11.1 Å². The molecule has 4 aliphatic rings. The quantitative estimate of drug-likeness (QED) is 0.790. The molecule has 3 unspecified atom stereocenters. The molecule has 0 aromatic heterocycles. The van der Waals surface area contributed by atoms with Crippen molar-refractivity contribution in [3.63, 3.8) is 0 Å². The lowest BCUT2D eigenvalue weighted by atomic mass is 9.42. The molecule has 2 saturated heterocycles. The van der Waals surface area contributed by atoms with Crippen LogP contribution in [0, 0.1) is 11.3 Å². The van der Waals surface area contributed by atoms with Gasteiger partial charge in [0.2, 0.25) is 0 Å². The number of rotatable bonds is 3. The van der Waals surface area contributed by atoms with Crippen LogP contribution in [0.1, 0.15) is 44.7 Å². The van der Waals surface area contributed by atoms with Gasteiger partial charge in [-0.3, -0.25) is 9.69 Å². The fourth-order valence-electron chi connectivity index (χ4n) is 6.11. The number of methoxy groups -OCH3 is 1. The molecule has 2 aliphatic carbocycles. The fourth-order valence-corrected chi connectivity index (χ4v) is 6.11. The largest absolute Gasteiger partial charge is 0.497 e. The first-order valence-corrected chi connectivity index (χ1v) is 9.41. The zero-order chi connectivity index (χ0) is 18.0. The average Bonchev–Trinajstić information content (AvgIpc) is 2.59. The fraction of sp³-hybridized carbons (Fsp3) is 0.667. The Labute approximate surface area is 150 Å². The number of esters is 1. The van der Waals surface area contributed by atoms with Crippen molar-refractivity contribution in [1.29, 1.82) is 0 Å². The normalized spacial score (nSPS) is 39.0. The molecular formula is C21H29NO3. The topological polar surface area (TPSA) is 38.8 Å². The Morgan fingerprint density at radius 3 is 2.76 bits per heavy atom. The van der Waals surface area contributed by atoms with Gasteiger partial charge in [0.1, 0.15) is 5.75 Å². The van der Waals surface area contributed by atoms with Crippen molar-refractivity contribution < 1.29 is 14.3 Å². The summed E-state index contributed by atoms with van der Waals surface area (Å²) in [5, 5.41) is 0. The van der Waals surface area contributed by atoms with Gasteiger partial charge in [-0.2, -0.15) is 0 Å². The van der Waals surface area contributed by atoms with Gasteiger partial charge in [0.15, 0.2) is 0 Å². The van der Waals surface area contributed by atoms with Crippen LogP contribution >= 0.6 is 0 Å². The summed E-state index contributed by atoms with van der Waals surface area (Å²) in [6.45, 7) is 7.16. The van der Waals surface area contributed by atoms with Gasteiger partial charge >= 0.3 is 5.97 Å². The highest BCUT2D eigenvalue weighted by molar-refractivity contribution is 5.74. The zero-order valence-electron chi connectivity index (χ0n) is 16.0. The molecule has 2 heterocycles. The minimum Gasteiger partial charge on any atom is -0.497 e. The van der Waals surface area contributed by atoms with E-state index in [1.54, 1.807) is 7.11 Å². The molecule has 4 nitrogen and oxygen atoms in total. The molecule has 1 aromatic rings. The first-order chi connectivity index (χ1) is 11.9. The highest BCUT2D eigenvalue weighted by atomic mass is 16.5. The third kappa shape index (κ3) is 2.06. The lowest BCUT2D eigenvalue weighted by Crippen LogP contribution is -2.73. The number of likely N-dealkylation sites (N-methyl/N-ethyl adjacent to an activating group) is 1. The maximum absolute atomic E-state index is 12.6. The molecule has 5 atom stereocenters. The zero-order valence-corrected chi connectivity index (χ0v) is 16.0. The summed E-state index contributed by atoms with van der Waals surface area (Å²) in [7, 11) is 3.93. The Bertz CT molecular complexity index is 717. The van der Waals surface area contributed by atoms with E-state index in [1.807, 2.05) is 6.92 Å². The van der Waals surface area contributed by atoms with Gasteiger partial charge < -0.3 is 9.47 Å². The van der Waals surface area contributed by atoms with Crippen LogP contribution in [0.2, 0.25) is 0 Å². The number of benzene rings is 1. The van der Waals surface area contributed by atoms with Crippen LogP contribution in [0.3, 0.4) is 0 Å². The van der Waals surface area contributed by atoms with Crippen LogP contribution in [-0.4, -0.2) is 43.7 Å². The van der Waals surface area contributed by atoms with Crippen LogP contribution in [0.4, 0.5) is 0 Å². The van der Waals surface area contributed by atoms with E-state index < -0.39 is 0 Å². The molecule has 0 spiro atoms. The predicted octanol–water partition coefficient (Wildman–Crippen LogP) is 3.17. The second-order valence-electron chi connectivity index (χ2n) is 8.49. The molecule has 2 aliphatic heterocycles. The molecular weight excluding hydrogens is 314 g/mol. The molecule has 3 fully saturated rings. The monoisotopic (exact) mass is 343 g/mol. The van der Waals surface area contributed by atoms with Gasteiger partial charge in [-0.25, -0.2) is 0 Å². The lowest BCUT2D eigenvalue weighted by molar-refractivity contribution is -0.180. The van der Waals surface area contributed by atoms with Gasteiger partial charge in [-0.15, -0.1) is 0 Å². The standard InChI is InChI=1S/C21H29NO3/c1-6-25-19(23)15-11-21(3)18-10-13-9-14(24-5)7-8-16(13)20(21,2)12-17(15)22(18)4/h7-9,15,17-18H,6,10-12H2,1-5H3/t15?,17?,18?,20-,21+/m0/s1. The lowest BCUT2D eigenvalue weighted by Gasteiger charge is -2.69. The Morgan fingerprint density at radius 1 is 1.32 bits per heavy atom. The van der Waals surface area contributed by atoms with E-state index in [4.69, 9.17) is 9.47 Å². The Morgan fingerprint density at radius 2 is 2.08 bits per heavy atom. The number of fused-ring (bicyclic) bond motifs is 2. The van der Waals surface area contributed by atoms with Crippen LogP contribution in [0.5, 0.6) is 5.75 Å². The van der Waals surface area contributed by atoms with Crippen LogP contribution in [0.25, 0.3) is 0 Å². The van der Waals surface area contributed by atoms with E-state index in [2.05, 4.69) is 44.0 Å². The molecule has 1 saturated carbocycles. The van der Waals surface area contributed by atoms with Crippen molar-refractivity contribution in [3.05, 3.63) is 29.3 Å². The van der Waals surface area contributed by atoms with Crippen molar-refractivity contribution >= 4 is 5.97 Å². The molecule has 136 valence electrons. The third-order valence-electron chi connectivity index (χ3n) is 7.65. The van der Waals surface area contributed by atoms with Gasteiger partial charge in [0.05, 0.1) is 19.6 Å². The Balaban J connectivity index is 1.79. The average molecular weight is 343 g/mol. The van der Waals surface area contributed by atoms with Gasteiger partial charge in [-0.05, 0) is 61.9 Å². The maximum atomic E-state index is 12.6. The SMILES string of the molecule is CCOC(=O)C1C[C@]2(C)C3Cc4cc(OC)ccc4[C@]2(C)CC1N3C. The van der Waals surface area contributed by atoms with Crippen molar-refractivity contribution in [3.8, 4) is 5.75 Å². The summed E-state index contributed by atoms with van der Waals surface area (Å²) in [5.41, 5.74) is 3.03. The summed E-state index contributed by atoms with van der Waals surface area (Å²) in [5.74, 6) is 0.922. The van der Waals surface area contributed by atoms with E-state index in [9.17, 15) is 4.79 Å². The second kappa shape index (κ2) is 5.47. The summed E-state index contributed by atoms with van der Waals surface area (Å²) >= 11 is 0. The molecule has 0 radical (unpaired) electrons. The predicted molar refractivity (Wildman–Crippen MR) is 96.9 cm³/mol. The molecule has 1 aromatic carbocycles. The van der Waals surface area contributed by atoms with E-state index in [0.717, 1.165) is 25.0 Å². The van der Waals surface area contributed by atoms with E-state index >= 15 is 0 Å². The number of hydrogen-bond acceptors (Lipinski definition) is 4. The molecule has 25 heavy (non-hydrogen) atoms. The number of carbonyl (C=O) groups is 1. The van der Waals surface area contributed by atoms with Crippen molar-refractivity contribution in [2.45, 2.75) is 57.5 Å². The maximum Gasteiger partial charge on any atom is 0.310 e. The third-order valence-corrected chi connectivity index (χ3v) is 7.65. The number of ether oxygens (including phenoxy) is 2. The van der Waals surface area contributed by atoms with Crippen molar-refractivity contribution in [1.82, 2.24) is 4.90 Å². The Kier molecular flexibility index (Phi) is 3.70. The van der Waals surface area contributed by atoms with Crippen molar-refractivity contribution in [2.75, 3.05) is 20.8 Å². The van der Waals surface area contributed by atoms with Crippen LogP contribution < -0.4 is 4.74 Å². The minimum absolute atomic E-state index is 0.000858. The highest BCUT2D eigenvalue weighted by Gasteiger charge is 2.66. The number of nitrogens with zero attached hydrogens (tertiary/aromatic N) is 1. The Hall–Kier alpha value is -1.55. The smallest absolute Gasteiger partial charge is 0.310 e. The molecule has 4 heteroatoms. The molecule has 4 bridgehead atoms. The first-order valence-electron chi connectivity index (χ1n) is 9.41. The number of piperidine rings is 2.